The van der Waals surface area contributed by atoms with Crippen molar-refractivity contribution < 1.29 is 9.59 Å². The number of ketones is 1. The minimum Gasteiger partial charge on any atom is -0.350 e. The summed E-state index contributed by atoms with van der Waals surface area (Å²) >= 11 is 1.26. The maximum absolute atomic E-state index is 13.4. The summed E-state index contributed by atoms with van der Waals surface area (Å²) in [6, 6.07) is 12.5. The van der Waals surface area contributed by atoms with Crippen molar-refractivity contribution in [1.82, 2.24) is 24.5 Å². The minimum absolute atomic E-state index is 0.0230. The number of aromatic nitrogens is 4. The van der Waals surface area contributed by atoms with Gasteiger partial charge in [0.2, 0.25) is 5.78 Å². The van der Waals surface area contributed by atoms with Crippen LogP contribution in [0.5, 0.6) is 0 Å². The number of Topliss-reactive ketones (excluding diaryl/α,β-unsaturated/α-hetero) is 1. The van der Waals surface area contributed by atoms with Crippen LogP contribution >= 0.6 is 11.8 Å². The van der Waals surface area contributed by atoms with Gasteiger partial charge in [0.25, 0.3) is 11.5 Å². The topological polar surface area (TPSA) is 98.4 Å². The van der Waals surface area contributed by atoms with Crippen LogP contribution < -0.4 is 10.9 Å². The van der Waals surface area contributed by atoms with E-state index in [9.17, 15) is 14.4 Å². The molecule has 4 aromatic rings. The minimum atomic E-state index is -0.206. The Morgan fingerprint density at radius 2 is 1.72 bits per heavy atom. The molecule has 0 aliphatic carbocycles. The van der Waals surface area contributed by atoms with Crippen molar-refractivity contribution in [2.75, 3.05) is 5.75 Å². The number of nitrogens with one attached hydrogen (secondary N) is 1. The van der Waals surface area contributed by atoms with Crippen molar-refractivity contribution in [3.63, 3.8) is 0 Å². The first-order chi connectivity index (χ1) is 17.2. The van der Waals surface area contributed by atoms with E-state index in [0.29, 0.717) is 39.5 Å². The van der Waals surface area contributed by atoms with Crippen molar-refractivity contribution in [1.29, 1.82) is 0 Å². The molecule has 0 saturated heterocycles. The highest BCUT2D eigenvalue weighted by atomic mass is 32.2. The molecule has 0 bridgehead atoms. The second-order valence-electron chi connectivity index (χ2n) is 9.52. The summed E-state index contributed by atoms with van der Waals surface area (Å²) in [4.78, 5) is 39.0. The Hall–Kier alpha value is -3.46. The highest BCUT2D eigenvalue weighted by Crippen LogP contribution is 2.24. The molecule has 0 fully saturated rings. The van der Waals surface area contributed by atoms with Gasteiger partial charge in [-0.2, -0.15) is 0 Å². The molecular weight excluding hydrogens is 474 g/mol. The first kappa shape index (κ1) is 25.6. The number of benzene rings is 2. The molecule has 1 atom stereocenters. The summed E-state index contributed by atoms with van der Waals surface area (Å²) in [5, 5.41) is 12.6. The molecule has 0 saturated carbocycles. The third kappa shape index (κ3) is 5.21. The fourth-order valence-electron chi connectivity index (χ4n) is 3.91. The fraction of sp³-hybridized carbons (Fsp3) is 0.370. The number of fused-ring (bicyclic) bond motifs is 3. The van der Waals surface area contributed by atoms with E-state index in [4.69, 9.17) is 0 Å². The number of aryl methyl sites for hydroxylation is 1. The molecule has 2 aromatic heterocycles. The Balaban J connectivity index is 1.80. The highest BCUT2D eigenvalue weighted by molar-refractivity contribution is 7.99. The maximum atomic E-state index is 13.4. The molecule has 2 heterocycles. The zero-order valence-electron chi connectivity index (χ0n) is 21.2. The molecule has 0 aliphatic heterocycles. The lowest BCUT2D eigenvalue weighted by Crippen LogP contribution is -2.32. The monoisotopic (exact) mass is 505 g/mol. The normalized spacial score (nSPS) is 12.4. The van der Waals surface area contributed by atoms with Crippen LogP contribution in [0.1, 0.15) is 60.4 Å². The Kier molecular flexibility index (Phi) is 7.59. The van der Waals surface area contributed by atoms with E-state index >= 15 is 0 Å². The molecule has 36 heavy (non-hydrogen) atoms. The second-order valence-corrected chi connectivity index (χ2v) is 10.5. The van der Waals surface area contributed by atoms with Gasteiger partial charge in [-0.25, -0.2) is 0 Å². The second kappa shape index (κ2) is 10.7. The van der Waals surface area contributed by atoms with Gasteiger partial charge in [0.15, 0.2) is 10.9 Å². The average molecular weight is 506 g/mol. The molecule has 188 valence electrons. The Morgan fingerprint density at radius 1 is 1.03 bits per heavy atom. The van der Waals surface area contributed by atoms with Gasteiger partial charge in [0, 0.05) is 23.7 Å². The number of hydrogen-bond acceptors (Lipinski definition) is 6. The van der Waals surface area contributed by atoms with E-state index in [1.807, 2.05) is 58.9 Å². The van der Waals surface area contributed by atoms with Gasteiger partial charge in [-0.15, -0.1) is 10.2 Å². The van der Waals surface area contributed by atoms with Crippen molar-refractivity contribution in [2.45, 2.75) is 58.8 Å². The van der Waals surface area contributed by atoms with E-state index in [2.05, 4.69) is 15.5 Å². The van der Waals surface area contributed by atoms with Gasteiger partial charge in [0.1, 0.15) is 0 Å². The largest absolute Gasteiger partial charge is 0.350 e. The van der Waals surface area contributed by atoms with Crippen molar-refractivity contribution in [2.24, 2.45) is 5.92 Å². The van der Waals surface area contributed by atoms with Crippen LogP contribution in [-0.2, 0) is 6.54 Å². The van der Waals surface area contributed by atoms with Gasteiger partial charge < -0.3 is 5.32 Å². The van der Waals surface area contributed by atoms with Gasteiger partial charge in [-0.1, -0.05) is 62.4 Å². The van der Waals surface area contributed by atoms with Crippen molar-refractivity contribution in [3.05, 3.63) is 69.5 Å². The number of carbonyl (C=O) groups is 2. The third-order valence-corrected chi connectivity index (χ3v) is 7.01. The van der Waals surface area contributed by atoms with Gasteiger partial charge >= 0.3 is 0 Å². The van der Waals surface area contributed by atoms with Gasteiger partial charge in [-0.05, 0) is 44.4 Å². The van der Waals surface area contributed by atoms with Crippen LogP contribution in [0, 0.1) is 12.8 Å². The van der Waals surface area contributed by atoms with Crippen LogP contribution in [0.2, 0.25) is 0 Å². The first-order valence-electron chi connectivity index (χ1n) is 12.1. The first-order valence-corrected chi connectivity index (χ1v) is 13.1. The molecule has 4 rings (SSSR count). The number of amides is 1. The molecule has 8 nitrogen and oxygen atoms in total. The quantitative estimate of drug-likeness (QED) is 0.265. The Labute approximate surface area is 214 Å². The van der Waals surface area contributed by atoms with Crippen LogP contribution in [0.3, 0.4) is 0 Å². The summed E-state index contributed by atoms with van der Waals surface area (Å²) < 4.78 is 3.40. The number of carbonyl (C=O) groups excluding carboxylic acids is 2. The SMILES string of the molecule is CC[C@@H](C)NC(=O)c1ccc2c(=O)n(CC(C)C)c3nnc(SCC(=O)c4ccc(C)cc4)n3c2c1. The number of thioether (sulfide) groups is 1. The predicted octanol–water partition coefficient (Wildman–Crippen LogP) is 4.51. The lowest BCUT2D eigenvalue weighted by molar-refractivity contribution is 0.0938. The maximum Gasteiger partial charge on any atom is 0.262 e. The number of rotatable bonds is 9. The summed E-state index contributed by atoms with van der Waals surface area (Å²) in [6.45, 7) is 10.5. The molecule has 1 N–H and O–H groups in total. The number of hydrogen-bond donors (Lipinski definition) is 1. The molecule has 2 aromatic carbocycles. The zero-order chi connectivity index (χ0) is 26.0. The van der Waals surface area contributed by atoms with Crippen molar-refractivity contribution >= 4 is 40.1 Å². The molecule has 0 spiro atoms. The van der Waals surface area contributed by atoms with E-state index < -0.39 is 0 Å². The van der Waals surface area contributed by atoms with Crippen molar-refractivity contribution in [3.8, 4) is 0 Å². The Bertz CT molecular complexity index is 1490. The zero-order valence-corrected chi connectivity index (χ0v) is 22.1. The standard InChI is InChI=1S/C27H31N5O3S/c1-6-18(5)28-24(34)20-11-12-21-22(13-20)32-26(31(25(21)35)14-16(2)3)29-30-27(32)36-15-23(33)19-9-7-17(4)8-10-19/h7-13,16,18H,6,14-15H2,1-5H3,(H,28,34)/t18-/m1/s1. The Morgan fingerprint density at radius 3 is 2.39 bits per heavy atom. The molecule has 1 amide bonds. The smallest absolute Gasteiger partial charge is 0.262 e. The van der Waals surface area contributed by atoms with Gasteiger partial charge in [0.05, 0.1) is 16.7 Å². The van der Waals surface area contributed by atoms with Crippen LogP contribution in [0.15, 0.2) is 52.4 Å². The lowest BCUT2D eigenvalue weighted by Gasteiger charge is -2.15. The number of nitrogens with zero attached hydrogens (tertiary/aromatic N) is 4. The predicted molar refractivity (Wildman–Crippen MR) is 143 cm³/mol. The highest BCUT2D eigenvalue weighted by Gasteiger charge is 2.20. The van der Waals surface area contributed by atoms with Crippen LogP contribution in [0.25, 0.3) is 16.7 Å². The van der Waals surface area contributed by atoms with Crippen LogP contribution in [0.4, 0.5) is 0 Å². The van der Waals surface area contributed by atoms with E-state index in [1.54, 1.807) is 27.2 Å². The summed E-state index contributed by atoms with van der Waals surface area (Å²) in [5.41, 5.74) is 2.53. The molecule has 0 radical (unpaired) electrons. The summed E-state index contributed by atoms with van der Waals surface area (Å²) in [5.74, 6) is 0.544. The third-order valence-electron chi connectivity index (χ3n) is 6.08. The van der Waals surface area contributed by atoms with E-state index in [-0.39, 0.29) is 35.0 Å². The molecular formula is C27H31N5O3S. The van der Waals surface area contributed by atoms with Crippen LogP contribution in [-0.4, -0.2) is 42.7 Å². The van der Waals surface area contributed by atoms with Gasteiger partial charge in [-0.3, -0.25) is 23.4 Å². The molecule has 0 unspecified atom stereocenters. The summed E-state index contributed by atoms with van der Waals surface area (Å²) in [7, 11) is 0. The fourth-order valence-corrected chi connectivity index (χ4v) is 4.74. The lowest BCUT2D eigenvalue weighted by atomic mass is 10.1. The molecule has 9 heteroatoms. The molecule has 0 aliphatic rings. The van der Waals surface area contributed by atoms with E-state index in [1.165, 1.54) is 11.8 Å². The average Bonchev–Trinajstić information content (AvgIpc) is 3.29. The van der Waals surface area contributed by atoms with E-state index in [0.717, 1.165) is 12.0 Å². The summed E-state index contributed by atoms with van der Waals surface area (Å²) in [6.07, 6.45) is 0.810.